The van der Waals surface area contributed by atoms with E-state index in [4.69, 9.17) is 4.74 Å². The van der Waals surface area contributed by atoms with Gasteiger partial charge in [-0.05, 0) is 69.1 Å². The van der Waals surface area contributed by atoms with Crippen LogP contribution in [0.25, 0.3) is 0 Å². The summed E-state index contributed by atoms with van der Waals surface area (Å²) in [4.78, 5) is 12.6. The third-order valence-electron chi connectivity index (χ3n) is 7.80. The van der Waals surface area contributed by atoms with Crippen molar-refractivity contribution in [2.45, 2.75) is 77.2 Å². The second-order valence-corrected chi connectivity index (χ2v) is 9.58. The molecule has 0 radical (unpaired) electrons. The van der Waals surface area contributed by atoms with Crippen molar-refractivity contribution in [3.8, 4) is 0 Å². The Morgan fingerprint density at radius 1 is 1.31 bits per heavy atom. The molecule has 4 aliphatic rings. The Morgan fingerprint density at radius 3 is 3.00 bits per heavy atom. The van der Waals surface area contributed by atoms with E-state index in [1.165, 1.54) is 56.9 Å². The van der Waals surface area contributed by atoms with Gasteiger partial charge in [-0.25, -0.2) is 0 Å². The highest BCUT2D eigenvalue weighted by molar-refractivity contribution is 5.75. The average Bonchev–Trinajstić information content (AvgIpc) is 2.92. The Morgan fingerprint density at radius 2 is 2.19 bits per heavy atom. The number of esters is 1. The number of hydrogen-bond acceptors (Lipinski definition) is 2. The van der Waals surface area contributed by atoms with Crippen molar-refractivity contribution in [2.75, 3.05) is 13.1 Å². The molecule has 0 aromatic heterocycles. The van der Waals surface area contributed by atoms with E-state index < -0.39 is 0 Å². The van der Waals surface area contributed by atoms with E-state index >= 15 is 0 Å². The third-order valence-corrected chi connectivity index (χ3v) is 7.80. The summed E-state index contributed by atoms with van der Waals surface area (Å²) in [6, 6.07) is 0. The number of hydrogen-bond donors (Lipinski definition) is 1. The first-order valence-electron chi connectivity index (χ1n) is 10.9. The molecule has 0 unspecified atom stereocenters. The lowest BCUT2D eigenvalue weighted by Crippen LogP contribution is -2.86. The molecule has 1 saturated heterocycles. The topological polar surface area (TPSA) is 42.9 Å². The van der Waals surface area contributed by atoms with Crippen molar-refractivity contribution in [3.05, 3.63) is 23.8 Å². The van der Waals surface area contributed by atoms with Crippen LogP contribution in [-0.4, -0.2) is 25.2 Å². The van der Waals surface area contributed by atoms with Crippen molar-refractivity contribution < 1.29 is 14.8 Å². The van der Waals surface area contributed by atoms with Crippen molar-refractivity contribution in [1.82, 2.24) is 0 Å². The van der Waals surface area contributed by atoms with Crippen molar-refractivity contribution in [1.29, 1.82) is 0 Å². The van der Waals surface area contributed by atoms with Gasteiger partial charge in [0.25, 0.3) is 0 Å². The molecule has 2 N–H and O–H groups in total. The molecule has 4 rings (SSSR count). The molecule has 0 spiro atoms. The second kappa shape index (κ2) is 7.50. The monoisotopic (exact) mass is 358 g/mol. The first kappa shape index (κ1) is 18.3. The quantitative estimate of drug-likeness (QED) is 0.462. The number of rotatable bonds is 5. The summed E-state index contributed by atoms with van der Waals surface area (Å²) >= 11 is 0. The Bertz CT molecular complexity index is 595. The number of nitrogens with two attached hydrogens (primary N) is 1. The first-order valence-corrected chi connectivity index (χ1v) is 10.9. The van der Waals surface area contributed by atoms with Gasteiger partial charge in [0, 0.05) is 12.3 Å². The summed E-state index contributed by atoms with van der Waals surface area (Å²) in [5, 5.41) is 2.37. The molecule has 3 nitrogen and oxygen atoms in total. The van der Waals surface area contributed by atoms with E-state index in [9.17, 15) is 4.79 Å². The number of ether oxygens (including phenoxy) is 1. The van der Waals surface area contributed by atoms with E-state index in [0.717, 1.165) is 25.9 Å². The van der Waals surface area contributed by atoms with Gasteiger partial charge >= 0.3 is 5.97 Å². The minimum absolute atomic E-state index is 0.0704. The average molecular weight is 359 g/mol. The minimum atomic E-state index is 0.0704. The predicted molar refractivity (Wildman–Crippen MR) is 104 cm³/mol. The lowest BCUT2D eigenvalue weighted by Gasteiger charge is -2.49. The zero-order valence-corrected chi connectivity index (χ0v) is 16.5. The molecule has 26 heavy (non-hydrogen) atoms. The van der Waals surface area contributed by atoms with E-state index in [-0.39, 0.29) is 18.0 Å². The summed E-state index contributed by atoms with van der Waals surface area (Å²) in [6.07, 6.45) is 14.9. The summed E-state index contributed by atoms with van der Waals surface area (Å²) in [6.45, 7) is 8.81. The maximum absolute atomic E-state index is 12.6. The molecule has 3 fully saturated rings. The van der Waals surface area contributed by atoms with E-state index in [2.05, 4.69) is 24.9 Å². The maximum atomic E-state index is 12.6. The van der Waals surface area contributed by atoms with Crippen molar-refractivity contribution >= 4 is 5.97 Å². The van der Waals surface area contributed by atoms with Gasteiger partial charge in [-0.1, -0.05) is 30.7 Å². The van der Waals surface area contributed by atoms with Crippen LogP contribution in [0.2, 0.25) is 0 Å². The number of quaternary nitrogens is 1. The second-order valence-electron chi connectivity index (χ2n) is 9.58. The molecule has 0 amide bonds. The molecule has 1 aliphatic heterocycles. The van der Waals surface area contributed by atoms with Gasteiger partial charge < -0.3 is 10.1 Å². The number of carbonyl (C=O) groups is 1. The highest BCUT2D eigenvalue weighted by atomic mass is 16.6. The summed E-state index contributed by atoms with van der Waals surface area (Å²) in [5.74, 6) is 1.18. The largest absolute Gasteiger partial charge is 0.462 e. The van der Waals surface area contributed by atoms with Crippen LogP contribution >= 0.6 is 0 Å². The van der Waals surface area contributed by atoms with Gasteiger partial charge in [-0.3, -0.25) is 4.79 Å². The predicted octanol–water partition coefficient (Wildman–Crippen LogP) is 3.75. The third kappa shape index (κ3) is 3.52. The summed E-state index contributed by atoms with van der Waals surface area (Å²) in [7, 11) is 0. The van der Waals surface area contributed by atoms with E-state index in [1.807, 2.05) is 0 Å². The fourth-order valence-corrected chi connectivity index (χ4v) is 6.24. The van der Waals surface area contributed by atoms with Crippen LogP contribution in [0.15, 0.2) is 23.8 Å². The molecule has 1 heterocycles. The highest BCUT2D eigenvalue weighted by Crippen LogP contribution is 2.56. The Hall–Kier alpha value is -1.09. The number of fused-ring (bicyclic) bond motifs is 2. The lowest BCUT2D eigenvalue weighted by atomic mass is 9.55. The molecular formula is C23H36NO2+. The molecule has 5 atom stereocenters. The molecule has 3 heteroatoms. The Labute approximate surface area is 158 Å². The summed E-state index contributed by atoms with van der Waals surface area (Å²) in [5.41, 5.74) is 3.37. The van der Waals surface area contributed by atoms with Gasteiger partial charge in [0.2, 0.25) is 0 Å². The number of allylic oxidation sites excluding steroid dienone is 2. The van der Waals surface area contributed by atoms with Gasteiger partial charge in [-0.15, -0.1) is 0 Å². The van der Waals surface area contributed by atoms with Crippen LogP contribution in [-0.2, 0) is 9.53 Å². The van der Waals surface area contributed by atoms with Gasteiger partial charge in [0.05, 0.1) is 13.1 Å². The summed E-state index contributed by atoms with van der Waals surface area (Å²) < 4.78 is 5.87. The molecule has 2 saturated carbocycles. The van der Waals surface area contributed by atoms with Crippen LogP contribution in [0.3, 0.4) is 0 Å². The molecule has 144 valence electrons. The van der Waals surface area contributed by atoms with Crippen LogP contribution < -0.4 is 5.32 Å². The molecular weight excluding hydrogens is 322 g/mol. The van der Waals surface area contributed by atoms with E-state index in [1.54, 1.807) is 5.57 Å². The van der Waals surface area contributed by atoms with E-state index in [0.29, 0.717) is 17.3 Å². The smallest absolute Gasteiger partial charge is 0.315 e. The fourth-order valence-electron chi connectivity index (χ4n) is 6.24. The standard InChI is InChI=1S/C23H35NO2/c1-16-7-6-11-23(2)14-21-18(13-20(16)23)19(22(25)26-21)15-24-12-10-17-8-4-3-5-9-17/h8,18-21,24H,1,3-7,9-15H2,2H3/p+1/t18-,19-,20+,21+,23-/m0/s1. The van der Waals surface area contributed by atoms with Gasteiger partial charge in [-0.2, -0.15) is 0 Å². The molecule has 0 aromatic rings. The lowest BCUT2D eigenvalue weighted by molar-refractivity contribution is -0.658. The molecule has 0 bridgehead atoms. The molecule has 0 aromatic carbocycles. The maximum Gasteiger partial charge on any atom is 0.315 e. The Balaban J connectivity index is 1.33. The van der Waals surface area contributed by atoms with Gasteiger partial charge in [0.1, 0.15) is 12.0 Å². The van der Waals surface area contributed by atoms with Gasteiger partial charge in [0.15, 0.2) is 0 Å². The van der Waals surface area contributed by atoms with Crippen LogP contribution in [0, 0.1) is 23.2 Å². The SMILES string of the molecule is C=C1CCC[C@@]2(C)C[C@H]3OC(=O)[C@@H](C[NH2+]CCC4=CCCCC4)[C@@H]3C[C@H]12. The van der Waals surface area contributed by atoms with Crippen LogP contribution in [0.4, 0.5) is 0 Å². The van der Waals surface area contributed by atoms with Crippen LogP contribution in [0.5, 0.6) is 0 Å². The minimum Gasteiger partial charge on any atom is -0.462 e. The zero-order chi connectivity index (χ0) is 18.1. The van der Waals surface area contributed by atoms with Crippen LogP contribution in [0.1, 0.15) is 71.1 Å². The first-order chi connectivity index (χ1) is 12.6. The Kier molecular flexibility index (Phi) is 5.27. The van der Waals surface area contributed by atoms with Crippen molar-refractivity contribution in [3.63, 3.8) is 0 Å². The molecule has 3 aliphatic carbocycles. The zero-order valence-electron chi connectivity index (χ0n) is 16.5. The number of carbonyl (C=O) groups excluding carboxylic acids is 1. The highest BCUT2D eigenvalue weighted by Gasteiger charge is 2.55. The fraction of sp³-hybridized carbons (Fsp3) is 0.783. The normalized spacial score (nSPS) is 39.8. The van der Waals surface area contributed by atoms with Crippen molar-refractivity contribution in [2.24, 2.45) is 23.2 Å².